The Hall–Kier alpha value is -8.13. The minimum Gasteiger partial charge on any atom is -0.310 e. The lowest BCUT2D eigenvalue weighted by molar-refractivity contribution is 0.569. The van der Waals surface area contributed by atoms with Crippen LogP contribution in [0.1, 0.15) is 211 Å². The van der Waals surface area contributed by atoms with Crippen LogP contribution in [0.2, 0.25) is 0 Å². The molecule has 14 rings (SSSR count). The maximum absolute atomic E-state index is 5.76. The van der Waals surface area contributed by atoms with Crippen molar-refractivity contribution < 1.29 is 0 Å². The molecule has 2 aliphatic heterocycles. The lowest BCUT2D eigenvalue weighted by Gasteiger charge is -2.43. The molecule has 0 atom stereocenters. The molecule has 0 saturated heterocycles. The molecule has 97 heavy (non-hydrogen) atoms. The monoisotopic (exact) mass is 1290 g/mol. The number of anilines is 3. The molecule has 4 aromatic heterocycles. The van der Waals surface area contributed by atoms with E-state index in [9.17, 15) is 0 Å². The summed E-state index contributed by atoms with van der Waals surface area (Å²) in [5.74, 6) is 0. The van der Waals surface area contributed by atoms with E-state index in [-0.39, 0.29) is 50.0 Å². The zero-order valence-electron chi connectivity index (χ0n) is 62.4. The van der Waals surface area contributed by atoms with Gasteiger partial charge in [0, 0.05) is 87.4 Å². The fourth-order valence-electron chi connectivity index (χ4n) is 14.8. The summed E-state index contributed by atoms with van der Waals surface area (Å²) in [6.45, 7) is 55.7. The third kappa shape index (κ3) is 11.5. The minimum absolute atomic E-state index is 0.00524. The number of hydrogen-bond donors (Lipinski definition) is 0. The number of benzene rings is 8. The van der Waals surface area contributed by atoms with Gasteiger partial charge in [0.15, 0.2) is 0 Å². The number of pyridine rings is 2. The van der Waals surface area contributed by atoms with Gasteiger partial charge in [0.05, 0.1) is 39.1 Å². The predicted octanol–water partition coefficient (Wildman–Crippen LogP) is 23.1. The van der Waals surface area contributed by atoms with E-state index in [1.54, 1.807) is 0 Å². The number of aromatic nitrogens is 4. The normalized spacial score (nSPS) is 14.1. The van der Waals surface area contributed by atoms with Gasteiger partial charge in [0.25, 0.3) is 0 Å². The highest BCUT2D eigenvalue weighted by molar-refractivity contribution is 8.00. The Morgan fingerprint density at radius 2 is 0.680 bits per heavy atom. The molecule has 0 saturated carbocycles. The second-order valence-electron chi connectivity index (χ2n) is 36.6. The van der Waals surface area contributed by atoms with Gasteiger partial charge in [-0.15, -0.1) is 0 Å². The summed E-state index contributed by atoms with van der Waals surface area (Å²) < 4.78 is 5.09. The molecule has 0 bridgehead atoms. The quantitative estimate of drug-likeness (QED) is 0.161. The van der Waals surface area contributed by atoms with E-state index in [0.29, 0.717) is 0 Å². The van der Waals surface area contributed by atoms with Crippen LogP contribution in [0, 0.1) is 0 Å². The first-order chi connectivity index (χ1) is 45.1. The van der Waals surface area contributed by atoms with Crippen LogP contribution in [0.4, 0.5) is 17.1 Å². The van der Waals surface area contributed by atoms with Gasteiger partial charge >= 0.3 is 0 Å². The van der Waals surface area contributed by atoms with E-state index in [1.165, 1.54) is 115 Å². The lowest BCUT2D eigenvalue weighted by atomic mass is 9.34. The maximum atomic E-state index is 5.76. The standard InChI is InChI=1S/C90H100BN5S/c1-83(2,3)53-31-39-71-61(43-53)62-44-54(84(4,5)6)32-40-72(62)94(71)59-35-37-67-75(51-59)96(82-65(69-27-25-29-79(92-69)89(19,20)21)47-57(87(13,14)15)48-66(82)70-28-26-30-80(93-70)90(22,23)24)76-49-58(88(16,17)18)50-78-81(76)91(67)68-38-36-60(52-77(68)97-78)95-73-41-33-55(85(7,8)9)45-63(73)64-46-56(86(10,11)12)34-42-74(64)95/h25-52H,1-24H3. The summed E-state index contributed by atoms with van der Waals surface area (Å²) in [5.41, 5.74) is 27.4. The Morgan fingerprint density at radius 3 is 1.06 bits per heavy atom. The molecule has 0 spiro atoms. The van der Waals surface area contributed by atoms with Crippen LogP contribution in [0.15, 0.2) is 180 Å². The third-order valence-corrected chi connectivity index (χ3v) is 22.0. The van der Waals surface area contributed by atoms with E-state index < -0.39 is 0 Å². The Morgan fingerprint density at radius 1 is 0.309 bits per heavy atom. The lowest BCUT2D eigenvalue weighted by Crippen LogP contribution is -2.60. The van der Waals surface area contributed by atoms with Crippen molar-refractivity contribution in [1.82, 2.24) is 19.1 Å². The average Bonchev–Trinajstić information content (AvgIpc) is 1.16. The van der Waals surface area contributed by atoms with Crippen LogP contribution in [0.25, 0.3) is 77.5 Å². The van der Waals surface area contributed by atoms with Gasteiger partial charge in [0.2, 0.25) is 6.71 Å². The van der Waals surface area contributed by atoms with Crippen molar-refractivity contribution in [3.05, 3.63) is 215 Å². The molecular formula is C90H100BN5S. The molecule has 5 nitrogen and oxygen atoms in total. The first-order valence-electron chi connectivity index (χ1n) is 35.4. The molecule has 0 aliphatic carbocycles. The predicted molar refractivity (Wildman–Crippen MR) is 421 cm³/mol. The van der Waals surface area contributed by atoms with Crippen molar-refractivity contribution in [3.63, 3.8) is 0 Å². The summed E-state index contributed by atoms with van der Waals surface area (Å²) in [6, 6.07) is 67.1. The minimum atomic E-state index is -0.228. The largest absolute Gasteiger partial charge is 0.310 e. The summed E-state index contributed by atoms with van der Waals surface area (Å²) in [6.07, 6.45) is 0. The van der Waals surface area contributed by atoms with Gasteiger partial charge in [-0.1, -0.05) is 232 Å². The van der Waals surface area contributed by atoms with Gasteiger partial charge in [-0.3, -0.25) is 9.97 Å². The molecule has 6 heterocycles. The zero-order chi connectivity index (χ0) is 69.6. The molecule has 0 radical (unpaired) electrons. The molecule has 0 fully saturated rings. The SMILES string of the molecule is CC(C)(C)c1cc(-c2cccc(C(C)(C)C)n2)c(N2c3cc(-n4c5ccc(C(C)(C)C)cc5c5cc(C(C)(C)C)ccc54)ccc3B3c4ccc(-n5c6ccc(C(C)(C)C)cc6c6cc(C(C)(C)C)ccc65)cc4Sc4cc(C(C)(C)C)cc2c43)c(-c2cccc(C(C)(C)C)n2)c1. The van der Waals surface area contributed by atoms with Gasteiger partial charge in [0.1, 0.15) is 0 Å². The van der Waals surface area contributed by atoms with Crippen LogP contribution in [0.5, 0.6) is 0 Å². The molecule has 12 aromatic rings. The van der Waals surface area contributed by atoms with E-state index in [0.717, 1.165) is 51.0 Å². The van der Waals surface area contributed by atoms with E-state index >= 15 is 0 Å². The van der Waals surface area contributed by atoms with Crippen LogP contribution in [0.3, 0.4) is 0 Å². The van der Waals surface area contributed by atoms with E-state index in [4.69, 9.17) is 9.97 Å². The zero-order valence-corrected chi connectivity index (χ0v) is 63.2. The van der Waals surface area contributed by atoms with E-state index in [1.807, 2.05) is 11.8 Å². The number of nitrogens with zero attached hydrogens (tertiary/aromatic N) is 5. The molecule has 0 amide bonds. The highest BCUT2D eigenvalue weighted by atomic mass is 32.2. The molecular weight excluding hydrogens is 1190 g/mol. The van der Waals surface area contributed by atoms with Crippen molar-refractivity contribution in [2.24, 2.45) is 0 Å². The summed E-state index contributed by atoms with van der Waals surface area (Å²) in [7, 11) is 0. The Kier molecular flexibility index (Phi) is 15.1. The molecule has 2 aliphatic rings. The fraction of sp³-hybridized carbons (Fsp3) is 0.356. The molecule has 7 heteroatoms. The number of rotatable bonds is 5. The van der Waals surface area contributed by atoms with Gasteiger partial charge in [-0.25, -0.2) is 0 Å². The average molecular weight is 1290 g/mol. The summed E-state index contributed by atoms with van der Waals surface area (Å²) in [5, 5.41) is 5.13. The Balaban J connectivity index is 1.11. The van der Waals surface area contributed by atoms with Crippen molar-refractivity contribution in [3.8, 4) is 33.9 Å². The number of fused-ring (bicyclic) bond motifs is 10. The van der Waals surface area contributed by atoms with Gasteiger partial charge < -0.3 is 14.0 Å². The molecule has 8 aromatic carbocycles. The van der Waals surface area contributed by atoms with Crippen molar-refractivity contribution in [1.29, 1.82) is 0 Å². The topological polar surface area (TPSA) is 38.9 Å². The second kappa shape index (κ2) is 22.2. The third-order valence-electron chi connectivity index (χ3n) is 20.9. The molecule has 494 valence electrons. The van der Waals surface area contributed by atoms with Gasteiger partial charge in [-0.2, -0.15) is 0 Å². The van der Waals surface area contributed by atoms with Crippen molar-refractivity contribution >= 4 is 95.5 Å². The first-order valence-corrected chi connectivity index (χ1v) is 36.2. The first kappa shape index (κ1) is 66.1. The second-order valence-corrected chi connectivity index (χ2v) is 37.7. The van der Waals surface area contributed by atoms with Gasteiger partial charge in [-0.05, 0) is 198 Å². The van der Waals surface area contributed by atoms with E-state index in [2.05, 4.69) is 350 Å². The fourth-order valence-corrected chi connectivity index (χ4v) is 16.1. The molecule has 0 unspecified atom stereocenters. The van der Waals surface area contributed by atoms with Crippen LogP contribution in [-0.2, 0) is 43.3 Å². The summed E-state index contributed by atoms with van der Waals surface area (Å²) in [4.78, 5) is 16.8. The summed E-state index contributed by atoms with van der Waals surface area (Å²) >= 11 is 1.94. The van der Waals surface area contributed by atoms with Crippen LogP contribution < -0.4 is 21.3 Å². The Labute approximate surface area is 583 Å². The highest BCUT2D eigenvalue weighted by Crippen LogP contribution is 2.53. The Bertz CT molecular complexity index is 5000. The smallest absolute Gasteiger partial charge is 0.249 e. The van der Waals surface area contributed by atoms with Crippen molar-refractivity contribution in [2.75, 3.05) is 4.90 Å². The highest BCUT2D eigenvalue weighted by Gasteiger charge is 2.44. The number of hydrogen-bond acceptors (Lipinski definition) is 4. The van der Waals surface area contributed by atoms with Crippen LogP contribution in [-0.4, -0.2) is 25.8 Å². The molecule has 0 N–H and O–H groups in total. The maximum Gasteiger partial charge on any atom is 0.249 e. The van der Waals surface area contributed by atoms with Crippen molar-refractivity contribution in [2.45, 2.75) is 219 Å². The van der Waals surface area contributed by atoms with Crippen LogP contribution >= 0.6 is 11.8 Å².